The summed E-state index contributed by atoms with van der Waals surface area (Å²) in [5, 5.41) is 11.4. The smallest absolute Gasteiger partial charge is 0.268 e. The lowest BCUT2D eigenvalue weighted by atomic mass is 10.1. The van der Waals surface area contributed by atoms with E-state index in [0.29, 0.717) is 22.1 Å². The predicted molar refractivity (Wildman–Crippen MR) is 112 cm³/mol. The highest BCUT2D eigenvalue weighted by Gasteiger charge is 2.27. The molecule has 0 radical (unpaired) electrons. The Hall–Kier alpha value is -3.18. The van der Waals surface area contributed by atoms with Gasteiger partial charge in [0, 0.05) is 24.5 Å². The number of aromatic amines is 1. The highest BCUT2D eigenvalue weighted by atomic mass is 32.1. The van der Waals surface area contributed by atoms with Crippen LogP contribution in [-0.2, 0) is 11.3 Å². The Labute approximate surface area is 171 Å². The number of carbonyl (C=O) groups is 1. The van der Waals surface area contributed by atoms with Gasteiger partial charge in [0.25, 0.3) is 11.5 Å². The average molecular weight is 407 g/mol. The summed E-state index contributed by atoms with van der Waals surface area (Å²) < 4.78 is 2.84. The Bertz CT molecular complexity index is 1240. The molecule has 1 N–H and O–H groups in total. The van der Waals surface area contributed by atoms with Crippen LogP contribution in [-0.4, -0.2) is 32.4 Å². The number of carbonyl (C=O) groups excluding carboxylic acids is 1. The van der Waals surface area contributed by atoms with Gasteiger partial charge in [-0.2, -0.15) is 5.26 Å². The molecule has 1 amide bonds. The van der Waals surface area contributed by atoms with Crippen molar-refractivity contribution in [3.63, 3.8) is 0 Å². The third-order valence-electron chi connectivity index (χ3n) is 5.18. The lowest BCUT2D eigenvalue weighted by molar-refractivity contribution is -0.126. The maximum atomic E-state index is 12.8. The standard InChI is InChI=1S/C21H21N5O2S/c1-12-8-14(13(2)26(12)16-4-5-16)9-15(10-22)21(28)25(3)11-18-23-17-6-7-29-19(17)20(27)24-18/h6-9,16H,4-5,11H2,1-3H3,(H,23,24,27)/b15-9+. The lowest BCUT2D eigenvalue weighted by Gasteiger charge is -2.16. The second-order valence-electron chi connectivity index (χ2n) is 7.41. The predicted octanol–water partition coefficient (Wildman–Crippen LogP) is 3.30. The summed E-state index contributed by atoms with van der Waals surface area (Å²) in [7, 11) is 1.60. The normalized spacial score (nSPS) is 14.2. The maximum Gasteiger partial charge on any atom is 0.268 e. The van der Waals surface area contributed by atoms with Gasteiger partial charge in [0.15, 0.2) is 0 Å². The van der Waals surface area contributed by atoms with E-state index in [4.69, 9.17) is 0 Å². The van der Waals surface area contributed by atoms with Crippen LogP contribution >= 0.6 is 11.3 Å². The zero-order chi connectivity index (χ0) is 20.7. The van der Waals surface area contributed by atoms with E-state index in [1.165, 1.54) is 29.1 Å². The minimum absolute atomic E-state index is 0.0579. The van der Waals surface area contributed by atoms with Crippen LogP contribution in [0.3, 0.4) is 0 Å². The summed E-state index contributed by atoms with van der Waals surface area (Å²) in [6.07, 6.45) is 4.00. The fourth-order valence-electron chi connectivity index (χ4n) is 3.64. The number of aryl methyl sites for hydroxylation is 1. The molecule has 0 saturated heterocycles. The molecule has 1 aliphatic carbocycles. The van der Waals surface area contributed by atoms with Gasteiger partial charge in [0.05, 0.1) is 12.1 Å². The fourth-order valence-corrected chi connectivity index (χ4v) is 4.36. The summed E-state index contributed by atoms with van der Waals surface area (Å²) in [4.78, 5) is 33.5. The molecule has 148 valence electrons. The van der Waals surface area contributed by atoms with E-state index in [1.54, 1.807) is 24.6 Å². The number of aromatic nitrogens is 3. The van der Waals surface area contributed by atoms with Crippen molar-refractivity contribution in [1.82, 2.24) is 19.4 Å². The van der Waals surface area contributed by atoms with E-state index in [1.807, 2.05) is 26.0 Å². The van der Waals surface area contributed by atoms with Crippen LogP contribution in [0.1, 0.15) is 41.7 Å². The second kappa shape index (κ2) is 7.33. The van der Waals surface area contributed by atoms with Crippen molar-refractivity contribution in [3.05, 3.63) is 56.2 Å². The highest BCUT2D eigenvalue weighted by Crippen LogP contribution is 2.38. The Kier molecular flexibility index (Phi) is 4.84. The molecule has 29 heavy (non-hydrogen) atoms. The number of nitrogens with zero attached hydrogens (tertiary/aromatic N) is 4. The summed E-state index contributed by atoms with van der Waals surface area (Å²) in [5.41, 5.74) is 3.55. The molecule has 0 unspecified atom stereocenters. The van der Waals surface area contributed by atoms with Crippen LogP contribution in [0.15, 0.2) is 27.9 Å². The summed E-state index contributed by atoms with van der Waals surface area (Å²) in [6, 6.07) is 6.35. The van der Waals surface area contributed by atoms with Gasteiger partial charge < -0.3 is 14.5 Å². The molecular formula is C21H21N5O2S. The molecule has 0 aliphatic heterocycles. The van der Waals surface area contributed by atoms with Crippen LogP contribution < -0.4 is 5.56 Å². The van der Waals surface area contributed by atoms with Crippen molar-refractivity contribution in [2.24, 2.45) is 0 Å². The van der Waals surface area contributed by atoms with Crippen molar-refractivity contribution in [3.8, 4) is 6.07 Å². The third-order valence-corrected chi connectivity index (χ3v) is 6.09. The summed E-state index contributed by atoms with van der Waals surface area (Å²) in [5.74, 6) is -0.0160. The first-order valence-corrected chi connectivity index (χ1v) is 10.3. The van der Waals surface area contributed by atoms with E-state index in [2.05, 4.69) is 14.5 Å². The Morgan fingerprint density at radius 1 is 1.48 bits per heavy atom. The van der Waals surface area contributed by atoms with Crippen LogP contribution in [0.5, 0.6) is 0 Å². The number of likely N-dealkylation sites (N-methyl/N-ethyl adjacent to an activating group) is 1. The fraction of sp³-hybridized carbons (Fsp3) is 0.333. The zero-order valence-electron chi connectivity index (χ0n) is 16.5. The minimum atomic E-state index is -0.406. The summed E-state index contributed by atoms with van der Waals surface area (Å²) >= 11 is 1.33. The van der Waals surface area contributed by atoms with E-state index in [0.717, 1.165) is 17.0 Å². The number of rotatable bonds is 5. The second-order valence-corrected chi connectivity index (χ2v) is 8.32. The van der Waals surface area contributed by atoms with E-state index < -0.39 is 5.91 Å². The maximum absolute atomic E-state index is 12.8. The van der Waals surface area contributed by atoms with Gasteiger partial charge in [-0.25, -0.2) is 4.98 Å². The molecule has 1 saturated carbocycles. The molecule has 4 rings (SSSR count). The average Bonchev–Trinajstić information content (AvgIpc) is 3.32. The number of hydrogen-bond donors (Lipinski definition) is 1. The van der Waals surface area contributed by atoms with Crippen LogP contribution in [0, 0.1) is 25.2 Å². The largest absolute Gasteiger partial charge is 0.346 e. The number of nitriles is 1. The number of H-pyrrole nitrogens is 1. The van der Waals surface area contributed by atoms with Crippen LogP contribution in [0.4, 0.5) is 0 Å². The van der Waals surface area contributed by atoms with Gasteiger partial charge in [-0.3, -0.25) is 9.59 Å². The minimum Gasteiger partial charge on any atom is -0.346 e. The van der Waals surface area contributed by atoms with Crippen molar-refractivity contribution in [2.75, 3.05) is 7.05 Å². The molecule has 0 atom stereocenters. The number of fused-ring (bicyclic) bond motifs is 1. The highest BCUT2D eigenvalue weighted by molar-refractivity contribution is 7.17. The van der Waals surface area contributed by atoms with E-state index in [-0.39, 0.29) is 17.7 Å². The van der Waals surface area contributed by atoms with Gasteiger partial charge in [0.2, 0.25) is 0 Å². The molecular weight excluding hydrogens is 386 g/mol. The van der Waals surface area contributed by atoms with Crippen molar-refractivity contribution < 1.29 is 4.79 Å². The first-order valence-electron chi connectivity index (χ1n) is 9.41. The third kappa shape index (κ3) is 3.61. The van der Waals surface area contributed by atoms with Gasteiger partial charge in [-0.1, -0.05) is 0 Å². The van der Waals surface area contributed by atoms with Crippen LogP contribution in [0.2, 0.25) is 0 Å². The van der Waals surface area contributed by atoms with Crippen LogP contribution in [0.25, 0.3) is 16.3 Å². The zero-order valence-corrected chi connectivity index (χ0v) is 17.3. The van der Waals surface area contributed by atoms with Gasteiger partial charge in [0.1, 0.15) is 22.2 Å². The molecule has 7 nitrogen and oxygen atoms in total. The lowest BCUT2D eigenvalue weighted by Crippen LogP contribution is -2.29. The molecule has 3 aromatic rings. The first kappa shape index (κ1) is 19.2. The number of thiophene rings is 1. The molecule has 0 bridgehead atoms. The topological polar surface area (TPSA) is 94.8 Å². The molecule has 1 fully saturated rings. The van der Waals surface area contributed by atoms with Crippen molar-refractivity contribution >= 4 is 33.5 Å². The van der Waals surface area contributed by atoms with E-state index in [9.17, 15) is 14.9 Å². The number of hydrogen-bond acceptors (Lipinski definition) is 5. The Balaban J connectivity index is 1.58. The van der Waals surface area contributed by atoms with Crippen molar-refractivity contribution in [2.45, 2.75) is 39.3 Å². The molecule has 8 heteroatoms. The quantitative estimate of drug-likeness (QED) is 0.519. The van der Waals surface area contributed by atoms with Gasteiger partial charge in [-0.05, 0) is 55.8 Å². The molecule has 3 aromatic heterocycles. The van der Waals surface area contributed by atoms with Gasteiger partial charge >= 0.3 is 0 Å². The summed E-state index contributed by atoms with van der Waals surface area (Å²) in [6.45, 7) is 4.18. The van der Waals surface area contributed by atoms with Gasteiger partial charge in [-0.15, -0.1) is 11.3 Å². The van der Waals surface area contributed by atoms with E-state index >= 15 is 0 Å². The number of nitrogens with one attached hydrogen (secondary N) is 1. The molecule has 0 spiro atoms. The van der Waals surface area contributed by atoms with Crippen molar-refractivity contribution in [1.29, 1.82) is 5.26 Å². The Morgan fingerprint density at radius 2 is 2.24 bits per heavy atom. The SMILES string of the molecule is Cc1cc(/C=C(\C#N)C(=O)N(C)Cc2nc3ccsc3c(=O)[nH]2)c(C)n1C1CC1. The first-order chi connectivity index (χ1) is 13.9. The molecule has 1 aliphatic rings. The monoisotopic (exact) mass is 407 g/mol. The molecule has 0 aromatic carbocycles. The molecule has 3 heterocycles. The Morgan fingerprint density at radius 3 is 2.93 bits per heavy atom. The number of amides is 1.